The third kappa shape index (κ3) is 3.65. The molecule has 1 aliphatic carbocycles. The van der Waals surface area contributed by atoms with Crippen molar-refractivity contribution in [1.82, 2.24) is 0 Å². The number of halogens is 1. The van der Waals surface area contributed by atoms with Gasteiger partial charge in [-0.1, -0.05) is 56.5 Å². The first-order valence-electron chi connectivity index (χ1n) is 3.97. The second-order valence-electron chi connectivity index (χ2n) is 3.09. The average Bonchev–Trinajstić information content (AvgIpc) is 1.88. The molecule has 3 heteroatoms. The molecule has 0 aromatic carbocycles. The van der Waals surface area contributed by atoms with Crippen LogP contribution in [0.4, 0.5) is 0 Å². The Morgan fingerprint density at radius 3 is 2.40 bits per heavy atom. The molecule has 0 aromatic heterocycles. The topological polar surface area (TPSA) is 0 Å². The Balaban J connectivity index is 2.13. The molecular weight excluding hydrogens is 226 g/mol. The van der Waals surface area contributed by atoms with Crippen molar-refractivity contribution in [2.45, 2.75) is 32.1 Å². The zero-order valence-electron chi connectivity index (χ0n) is 6.22. The van der Waals surface area contributed by atoms with Crippen LogP contribution in [0.15, 0.2) is 0 Å². The molecule has 2 unspecified atom stereocenters. The summed E-state index contributed by atoms with van der Waals surface area (Å²) in [5.74, 6) is 1.04. The molecule has 0 saturated heterocycles. The first-order chi connectivity index (χ1) is 4.79. The maximum absolute atomic E-state index is 3.64. The van der Waals surface area contributed by atoms with E-state index in [0.29, 0.717) is 0 Å². The SMILES string of the molecule is PP(Br)CC1CCCCC1. The molecule has 0 N–H and O–H groups in total. The fraction of sp³-hybridized carbons (Fsp3) is 1.00. The highest BCUT2D eigenvalue weighted by Gasteiger charge is 2.14. The molecule has 0 aromatic rings. The van der Waals surface area contributed by atoms with Gasteiger partial charge in [-0.25, -0.2) is 0 Å². The molecule has 1 aliphatic rings. The van der Waals surface area contributed by atoms with Crippen LogP contribution in [0, 0.1) is 5.92 Å². The van der Waals surface area contributed by atoms with Crippen LogP contribution in [0.1, 0.15) is 32.1 Å². The third-order valence-electron chi connectivity index (χ3n) is 2.16. The van der Waals surface area contributed by atoms with Gasteiger partial charge >= 0.3 is 0 Å². The number of rotatable bonds is 2. The maximum Gasteiger partial charge on any atom is -0.0165 e. The van der Waals surface area contributed by atoms with E-state index in [2.05, 4.69) is 24.4 Å². The minimum Gasteiger partial charge on any atom is -0.0998 e. The van der Waals surface area contributed by atoms with Gasteiger partial charge in [0.15, 0.2) is 0 Å². The lowest BCUT2D eigenvalue weighted by Crippen LogP contribution is -2.07. The van der Waals surface area contributed by atoms with Crippen molar-refractivity contribution < 1.29 is 0 Å². The molecule has 1 fully saturated rings. The first-order valence-corrected chi connectivity index (χ1v) is 9.13. The van der Waals surface area contributed by atoms with Crippen molar-refractivity contribution >= 4 is 30.7 Å². The predicted molar refractivity (Wildman–Crippen MR) is 57.0 cm³/mol. The standard InChI is InChI=1S/C7H15BrP2/c8-10(9)6-7-4-2-1-3-5-7/h7H,1-6,9H2. The molecule has 10 heavy (non-hydrogen) atoms. The Labute approximate surface area is 75.1 Å². The van der Waals surface area contributed by atoms with Gasteiger partial charge in [-0.3, -0.25) is 0 Å². The molecule has 1 rings (SSSR count). The van der Waals surface area contributed by atoms with Crippen LogP contribution >= 0.6 is 30.7 Å². The van der Waals surface area contributed by atoms with Gasteiger partial charge in [0.25, 0.3) is 0 Å². The van der Waals surface area contributed by atoms with Crippen molar-refractivity contribution in [3.8, 4) is 0 Å². The van der Waals surface area contributed by atoms with E-state index in [0.717, 1.165) is 5.92 Å². The monoisotopic (exact) mass is 240 g/mol. The van der Waals surface area contributed by atoms with E-state index in [1.807, 2.05) is 0 Å². The van der Waals surface area contributed by atoms with E-state index in [4.69, 9.17) is 0 Å². The van der Waals surface area contributed by atoms with Gasteiger partial charge in [0.1, 0.15) is 0 Å². The Morgan fingerprint density at radius 2 is 1.90 bits per heavy atom. The van der Waals surface area contributed by atoms with Crippen LogP contribution in [-0.4, -0.2) is 6.16 Å². The van der Waals surface area contributed by atoms with Gasteiger partial charge in [-0.15, -0.1) is 0 Å². The van der Waals surface area contributed by atoms with E-state index in [-0.39, 0.29) is 6.31 Å². The summed E-state index contributed by atoms with van der Waals surface area (Å²) in [5.41, 5.74) is 0. The molecule has 0 spiro atoms. The van der Waals surface area contributed by atoms with Crippen molar-refractivity contribution in [1.29, 1.82) is 0 Å². The fourth-order valence-corrected chi connectivity index (χ4v) is 4.60. The summed E-state index contributed by atoms with van der Waals surface area (Å²) in [7, 11) is 2.89. The molecular formula is C7H15BrP2. The number of hydrogen-bond acceptors (Lipinski definition) is 0. The highest BCUT2D eigenvalue weighted by Crippen LogP contribution is 2.54. The van der Waals surface area contributed by atoms with Gasteiger partial charge in [-0.05, 0) is 18.4 Å². The molecule has 0 bridgehead atoms. The van der Waals surface area contributed by atoms with E-state index >= 15 is 0 Å². The van der Waals surface area contributed by atoms with Gasteiger partial charge in [0.05, 0.1) is 0 Å². The molecule has 2 atom stereocenters. The van der Waals surface area contributed by atoms with E-state index < -0.39 is 0 Å². The summed E-state index contributed by atoms with van der Waals surface area (Å²) in [6.45, 7) is 0. The van der Waals surface area contributed by atoms with Crippen LogP contribution in [-0.2, 0) is 0 Å². The van der Waals surface area contributed by atoms with E-state index in [1.165, 1.54) is 38.3 Å². The molecule has 60 valence electrons. The summed E-state index contributed by atoms with van der Waals surface area (Å²) < 4.78 is 0. The zero-order chi connectivity index (χ0) is 7.40. The summed E-state index contributed by atoms with van der Waals surface area (Å²) in [6.07, 6.45) is 8.93. The lowest BCUT2D eigenvalue weighted by Gasteiger charge is -2.22. The third-order valence-corrected chi connectivity index (χ3v) is 4.52. The summed E-state index contributed by atoms with van der Waals surface area (Å²) in [5, 5.41) is 0. The van der Waals surface area contributed by atoms with Crippen LogP contribution in [0.25, 0.3) is 0 Å². The van der Waals surface area contributed by atoms with Crippen LogP contribution in [0.2, 0.25) is 0 Å². The van der Waals surface area contributed by atoms with Crippen LogP contribution in [0.5, 0.6) is 0 Å². The Hall–Kier alpha value is 1.34. The predicted octanol–water partition coefficient (Wildman–Crippen LogP) is 4.15. The second kappa shape index (κ2) is 5.07. The largest absolute Gasteiger partial charge is 0.0998 e. The molecule has 0 radical (unpaired) electrons. The molecule has 0 amide bonds. The van der Waals surface area contributed by atoms with Crippen molar-refractivity contribution in [2.75, 3.05) is 6.16 Å². The van der Waals surface area contributed by atoms with Crippen molar-refractivity contribution in [2.24, 2.45) is 5.92 Å². The van der Waals surface area contributed by atoms with Crippen LogP contribution in [0.3, 0.4) is 0 Å². The van der Waals surface area contributed by atoms with Crippen molar-refractivity contribution in [3.63, 3.8) is 0 Å². The molecule has 0 aliphatic heterocycles. The lowest BCUT2D eigenvalue weighted by atomic mass is 9.91. The Morgan fingerprint density at radius 1 is 1.30 bits per heavy atom. The van der Waals surface area contributed by atoms with Gasteiger partial charge in [0, 0.05) is 0 Å². The summed E-state index contributed by atoms with van der Waals surface area (Å²) in [6, 6.07) is 0. The minimum atomic E-state index is 0.106. The smallest absolute Gasteiger partial charge is 0.0165 e. The molecule has 1 saturated carbocycles. The molecule has 0 nitrogen and oxygen atoms in total. The van der Waals surface area contributed by atoms with Gasteiger partial charge in [0.2, 0.25) is 0 Å². The minimum absolute atomic E-state index is 0.106. The number of hydrogen-bond donors (Lipinski definition) is 0. The maximum atomic E-state index is 3.64. The van der Waals surface area contributed by atoms with Crippen LogP contribution < -0.4 is 0 Å². The van der Waals surface area contributed by atoms with E-state index in [1.54, 1.807) is 0 Å². The van der Waals surface area contributed by atoms with Gasteiger partial charge in [-0.2, -0.15) is 0 Å². The highest BCUT2D eigenvalue weighted by atomic mass is 79.9. The summed E-state index contributed by atoms with van der Waals surface area (Å²) in [4.78, 5) is 0. The Bertz CT molecular complexity index is 89.6. The molecule has 0 heterocycles. The average molecular weight is 241 g/mol. The van der Waals surface area contributed by atoms with Gasteiger partial charge < -0.3 is 0 Å². The quantitative estimate of drug-likeness (QED) is 0.637. The fourth-order valence-electron chi connectivity index (χ4n) is 1.62. The summed E-state index contributed by atoms with van der Waals surface area (Å²) >= 11 is 3.64. The second-order valence-corrected chi connectivity index (χ2v) is 11.1. The normalized spacial score (nSPS) is 24.6. The van der Waals surface area contributed by atoms with Crippen molar-refractivity contribution in [3.05, 3.63) is 0 Å². The first kappa shape index (κ1) is 9.43. The highest BCUT2D eigenvalue weighted by molar-refractivity contribution is 9.44. The van der Waals surface area contributed by atoms with E-state index in [9.17, 15) is 0 Å². The zero-order valence-corrected chi connectivity index (χ0v) is 9.86. The lowest BCUT2D eigenvalue weighted by molar-refractivity contribution is 0.390. The Kier molecular flexibility index (Phi) is 4.78.